The summed E-state index contributed by atoms with van der Waals surface area (Å²) in [6, 6.07) is 8.39. The van der Waals surface area contributed by atoms with Crippen LogP contribution in [0.25, 0.3) is 0 Å². The number of fused-ring (bicyclic) bond motifs is 9. The van der Waals surface area contributed by atoms with Gasteiger partial charge in [0.1, 0.15) is 29.4 Å². The van der Waals surface area contributed by atoms with Crippen molar-refractivity contribution in [2.75, 3.05) is 18.3 Å². The smallest absolute Gasteiger partial charge is 0.449 e. The van der Waals surface area contributed by atoms with Crippen LogP contribution < -0.4 is 19.1 Å². The number of alkyl halides is 3. The van der Waals surface area contributed by atoms with Gasteiger partial charge in [-0.1, -0.05) is 6.07 Å². The molecule has 0 saturated carbocycles. The summed E-state index contributed by atoms with van der Waals surface area (Å²) in [4.78, 5) is 10.9. The normalized spacial score (nSPS) is 22.0. The second kappa shape index (κ2) is 5.32. The van der Waals surface area contributed by atoms with Crippen molar-refractivity contribution >= 4 is 17.5 Å². The maximum absolute atomic E-state index is 13.2. The van der Waals surface area contributed by atoms with Gasteiger partial charge in [0.2, 0.25) is 18.4 Å². The summed E-state index contributed by atoms with van der Waals surface area (Å²) in [6.45, 7) is 0.507. The van der Waals surface area contributed by atoms with E-state index in [-0.39, 0.29) is 25.8 Å². The van der Waals surface area contributed by atoms with Gasteiger partial charge in [-0.15, -0.1) is 0 Å². The monoisotopic (exact) mass is 427 g/mol. The molecule has 10 heteroatoms. The molecule has 0 bridgehead atoms. The lowest BCUT2D eigenvalue weighted by Crippen LogP contribution is -2.43. The Bertz CT molecular complexity index is 1320. The van der Waals surface area contributed by atoms with Gasteiger partial charge in [-0.2, -0.15) is 18.2 Å². The van der Waals surface area contributed by atoms with Gasteiger partial charge in [0.15, 0.2) is 11.5 Å². The van der Waals surface area contributed by atoms with Crippen molar-refractivity contribution in [3.05, 3.63) is 59.0 Å². The van der Waals surface area contributed by atoms with Crippen molar-refractivity contribution < 1.29 is 31.8 Å². The number of benzene rings is 1. The van der Waals surface area contributed by atoms with Crippen LogP contribution >= 0.6 is 0 Å². The molecule has 0 fully saturated rings. The minimum Gasteiger partial charge on any atom is -0.491 e. The van der Waals surface area contributed by atoms with E-state index in [1.165, 1.54) is 0 Å². The lowest BCUT2D eigenvalue weighted by molar-refractivity contribution is -0.152. The van der Waals surface area contributed by atoms with E-state index in [9.17, 15) is 13.2 Å². The number of halogens is 3. The molecule has 0 radical (unpaired) electrons. The van der Waals surface area contributed by atoms with Gasteiger partial charge < -0.3 is 23.5 Å². The van der Waals surface area contributed by atoms with E-state index in [2.05, 4.69) is 9.98 Å². The zero-order valence-electron chi connectivity index (χ0n) is 15.7. The number of hydrogen-bond donors (Lipinski definition) is 0. The molecule has 6 heterocycles. The number of pyridine rings is 1. The summed E-state index contributed by atoms with van der Waals surface area (Å²) in [5, 5.41) is 0. The Labute approximate surface area is 172 Å². The molecule has 2 aromatic heterocycles. The van der Waals surface area contributed by atoms with Crippen LogP contribution in [0.15, 0.2) is 45.9 Å². The number of ether oxygens (including phenoxy) is 3. The van der Waals surface area contributed by atoms with Gasteiger partial charge in [0.05, 0.1) is 6.54 Å². The molecule has 1 atom stereocenters. The molecule has 1 aromatic carbocycles. The Kier molecular flexibility index (Phi) is 2.92. The summed E-state index contributed by atoms with van der Waals surface area (Å²) >= 11 is 0. The van der Waals surface area contributed by atoms with Crippen molar-refractivity contribution in [1.82, 2.24) is 4.98 Å². The summed E-state index contributed by atoms with van der Waals surface area (Å²) in [5.74, 6) is 1.84. The number of aromatic nitrogens is 1. The second-order valence-corrected chi connectivity index (χ2v) is 7.73. The summed E-state index contributed by atoms with van der Waals surface area (Å²) in [6.07, 6.45) is -2.94. The summed E-state index contributed by atoms with van der Waals surface area (Å²) < 4.78 is 61.8. The second-order valence-electron chi connectivity index (χ2n) is 7.73. The average molecular weight is 427 g/mol. The Morgan fingerprint density at radius 1 is 1.00 bits per heavy atom. The fraction of sp³-hybridized carbons (Fsp3) is 0.238. The lowest BCUT2D eigenvalue weighted by Gasteiger charge is -2.29. The Hall–Kier alpha value is -3.69. The Morgan fingerprint density at radius 3 is 2.68 bits per heavy atom. The molecule has 156 valence electrons. The van der Waals surface area contributed by atoms with E-state index in [0.29, 0.717) is 34.5 Å². The highest BCUT2D eigenvalue weighted by atomic mass is 19.4. The van der Waals surface area contributed by atoms with Crippen LogP contribution in [0.1, 0.15) is 22.5 Å². The highest BCUT2D eigenvalue weighted by Gasteiger charge is 2.57. The molecule has 1 unspecified atom stereocenters. The molecule has 3 aromatic rings. The van der Waals surface area contributed by atoms with E-state index >= 15 is 0 Å². The highest BCUT2D eigenvalue weighted by molar-refractivity contribution is 6.15. The predicted octanol–water partition coefficient (Wildman–Crippen LogP) is 4.16. The first-order valence-electron chi connectivity index (χ1n) is 9.54. The standard InChI is InChI=1S/C21H12F3N3O4/c22-21(23,24)16-4-10-7-27-17-11(2-1-3-25-17)20(19(27)26-18(10)31-16)8-28-13-6-15-14(5-12(13)20)29-9-30-15/h1-6H,7-9H2. The van der Waals surface area contributed by atoms with E-state index < -0.39 is 17.4 Å². The predicted molar refractivity (Wildman–Crippen MR) is 100 cm³/mol. The quantitative estimate of drug-likeness (QED) is 0.537. The largest absolute Gasteiger partial charge is 0.491 e. The highest BCUT2D eigenvalue weighted by Crippen LogP contribution is 2.56. The SMILES string of the molecule is FC(F)(F)c1cc2c(o1)N=C1N(C2)c2ncccc2C12COc1cc3c(cc12)OCO3. The number of furan rings is 1. The molecule has 1 spiro atoms. The molecule has 4 aliphatic rings. The summed E-state index contributed by atoms with van der Waals surface area (Å²) in [7, 11) is 0. The van der Waals surface area contributed by atoms with Gasteiger partial charge in [-0.3, -0.25) is 0 Å². The minimum atomic E-state index is -4.59. The van der Waals surface area contributed by atoms with Crippen LogP contribution in [-0.2, 0) is 18.1 Å². The lowest BCUT2D eigenvalue weighted by atomic mass is 9.77. The maximum Gasteiger partial charge on any atom is 0.449 e. The zero-order valence-corrected chi connectivity index (χ0v) is 15.7. The van der Waals surface area contributed by atoms with Crippen LogP contribution in [0.3, 0.4) is 0 Å². The fourth-order valence-corrected chi connectivity index (χ4v) is 4.78. The van der Waals surface area contributed by atoms with Crippen LogP contribution in [0.4, 0.5) is 24.9 Å². The Balaban J connectivity index is 1.48. The van der Waals surface area contributed by atoms with Crippen molar-refractivity contribution in [3.63, 3.8) is 0 Å². The van der Waals surface area contributed by atoms with Gasteiger partial charge in [-0.25, -0.2) is 4.98 Å². The van der Waals surface area contributed by atoms with Crippen LogP contribution in [-0.4, -0.2) is 24.2 Å². The number of anilines is 1. The average Bonchev–Trinajstić information content (AvgIpc) is 3.50. The van der Waals surface area contributed by atoms with E-state index in [0.717, 1.165) is 17.2 Å². The van der Waals surface area contributed by atoms with Gasteiger partial charge in [0.25, 0.3) is 0 Å². The maximum atomic E-state index is 13.2. The third kappa shape index (κ3) is 2.04. The molecule has 0 aliphatic carbocycles. The first kappa shape index (κ1) is 17.0. The number of rotatable bonds is 0. The molecular formula is C21H12F3N3O4. The number of nitrogens with zero attached hydrogens (tertiary/aromatic N) is 3. The van der Waals surface area contributed by atoms with Crippen LogP contribution in [0.2, 0.25) is 0 Å². The molecule has 0 amide bonds. The number of hydrogen-bond acceptors (Lipinski definition) is 7. The molecule has 0 saturated heterocycles. The van der Waals surface area contributed by atoms with E-state index in [1.807, 2.05) is 23.1 Å². The van der Waals surface area contributed by atoms with Crippen molar-refractivity contribution in [2.24, 2.45) is 4.99 Å². The van der Waals surface area contributed by atoms with Crippen molar-refractivity contribution in [3.8, 4) is 17.2 Å². The van der Waals surface area contributed by atoms with E-state index in [4.69, 9.17) is 18.6 Å². The number of amidine groups is 1. The molecule has 31 heavy (non-hydrogen) atoms. The zero-order chi connectivity index (χ0) is 21.0. The molecule has 7 rings (SSSR count). The number of aliphatic imine (C=N–C) groups is 1. The molecule has 7 nitrogen and oxygen atoms in total. The third-order valence-corrected chi connectivity index (χ3v) is 6.12. The van der Waals surface area contributed by atoms with Crippen LogP contribution in [0.5, 0.6) is 17.2 Å². The van der Waals surface area contributed by atoms with Gasteiger partial charge in [0, 0.05) is 29.0 Å². The topological polar surface area (TPSA) is 69.3 Å². The van der Waals surface area contributed by atoms with Crippen LogP contribution in [0, 0.1) is 0 Å². The van der Waals surface area contributed by atoms with Gasteiger partial charge >= 0.3 is 6.18 Å². The molecule has 4 aliphatic heterocycles. The first-order chi connectivity index (χ1) is 14.9. The van der Waals surface area contributed by atoms with Crippen molar-refractivity contribution in [2.45, 2.75) is 18.1 Å². The summed E-state index contributed by atoms with van der Waals surface area (Å²) in [5.41, 5.74) is 1.18. The molecule has 0 N–H and O–H groups in total. The van der Waals surface area contributed by atoms with Crippen molar-refractivity contribution in [1.29, 1.82) is 0 Å². The minimum absolute atomic E-state index is 0.0417. The van der Waals surface area contributed by atoms with E-state index in [1.54, 1.807) is 12.3 Å². The molecular weight excluding hydrogens is 415 g/mol. The Morgan fingerprint density at radius 2 is 1.84 bits per heavy atom. The third-order valence-electron chi connectivity index (χ3n) is 6.12. The van der Waals surface area contributed by atoms with Gasteiger partial charge in [-0.05, 0) is 18.2 Å². The first-order valence-corrected chi connectivity index (χ1v) is 9.54. The fourth-order valence-electron chi connectivity index (χ4n) is 4.78.